The van der Waals surface area contributed by atoms with Crippen LogP contribution in [0.25, 0.3) is 21.9 Å². The molecule has 132 valence electrons. The third-order valence-electron chi connectivity index (χ3n) is 4.92. The van der Waals surface area contributed by atoms with Crippen molar-refractivity contribution in [3.63, 3.8) is 0 Å². The summed E-state index contributed by atoms with van der Waals surface area (Å²) in [4.78, 5) is 32.6. The maximum atomic E-state index is 12.6. The second kappa shape index (κ2) is 6.59. The molecule has 0 aliphatic carbocycles. The lowest BCUT2D eigenvalue weighted by atomic mass is 9.96. The number of aromatic amines is 1. The normalized spacial score (nSPS) is 17.4. The SMILES string of the molecule is CN(CC#N)C(=O)C1CCCN(c2nc[nH]c3cnc4nccc4c23)C1. The van der Waals surface area contributed by atoms with Gasteiger partial charge in [-0.25, -0.2) is 15.0 Å². The summed E-state index contributed by atoms with van der Waals surface area (Å²) >= 11 is 0. The summed E-state index contributed by atoms with van der Waals surface area (Å²) < 4.78 is 0. The second-order valence-electron chi connectivity index (χ2n) is 6.59. The van der Waals surface area contributed by atoms with Crippen molar-refractivity contribution in [3.8, 4) is 6.07 Å². The number of aromatic nitrogens is 4. The maximum Gasteiger partial charge on any atom is 0.228 e. The van der Waals surface area contributed by atoms with Crippen LogP contribution in [0.15, 0.2) is 24.8 Å². The molecule has 1 fully saturated rings. The number of hydrogen-bond donors (Lipinski definition) is 1. The van der Waals surface area contributed by atoms with Crippen molar-refractivity contribution in [2.75, 3.05) is 31.6 Å². The van der Waals surface area contributed by atoms with Crippen LogP contribution >= 0.6 is 0 Å². The summed E-state index contributed by atoms with van der Waals surface area (Å²) in [5.41, 5.74) is 1.59. The highest BCUT2D eigenvalue weighted by molar-refractivity contribution is 6.08. The maximum absolute atomic E-state index is 12.6. The van der Waals surface area contributed by atoms with Crippen LogP contribution in [0.3, 0.4) is 0 Å². The van der Waals surface area contributed by atoms with Gasteiger partial charge in [0.15, 0.2) is 5.65 Å². The van der Waals surface area contributed by atoms with Crippen LogP contribution in [-0.4, -0.2) is 57.4 Å². The van der Waals surface area contributed by atoms with Crippen molar-refractivity contribution in [1.82, 2.24) is 24.8 Å². The highest BCUT2D eigenvalue weighted by Gasteiger charge is 2.29. The first-order valence-electron chi connectivity index (χ1n) is 8.62. The van der Waals surface area contributed by atoms with Gasteiger partial charge in [0.25, 0.3) is 0 Å². The molecule has 4 rings (SSSR count). The molecule has 1 unspecified atom stereocenters. The summed E-state index contributed by atoms with van der Waals surface area (Å²) in [6, 6.07) is 3.97. The molecule has 26 heavy (non-hydrogen) atoms. The monoisotopic (exact) mass is 349 g/mol. The number of hydrogen-bond acceptors (Lipinski definition) is 6. The summed E-state index contributed by atoms with van der Waals surface area (Å²) in [5.74, 6) is 0.739. The van der Waals surface area contributed by atoms with E-state index in [1.807, 2.05) is 12.1 Å². The zero-order chi connectivity index (χ0) is 18.1. The van der Waals surface area contributed by atoms with Crippen LogP contribution in [0, 0.1) is 17.2 Å². The minimum atomic E-state index is -0.127. The molecule has 0 spiro atoms. The van der Waals surface area contributed by atoms with Gasteiger partial charge in [-0.1, -0.05) is 0 Å². The number of rotatable bonds is 3. The van der Waals surface area contributed by atoms with Crippen molar-refractivity contribution in [3.05, 3.63) is 24.8 Å². The second-order valence-corrected chi connectivity index (χ2v) is 6.59. The summed E-state index contributed by atoms with van der Waals surface area (Å²) in [6.07, 6.45) is 6.91. The predicted octanol–water partition coefficient (Wildman–Crippen LogP) is 1.70. The quantitative estimate of drug-likeness (QED) is 0.722. The Morgan fingerprint density at radius 1 is 1.46 bits per heavy atom. The Kier molecular flexibility index (Phi) is 4.13. The van der Waals surface area contributed by atoms with E-state index < -0.39 is 0 Å². The first kappa shape index (κ1) is 16.3. The molecular weight excluding hydrogens is 330 g/mol. The Bertz CT molecular complexity index is 1010. The van der Waals surface area contributed by atoms with Crippen molar-refractivity contribution in [2.24, 2.45) is 5.92 Å². The van der Waals surface area contributed by atoms with Gasteiger partial charge in [-0.3, -0.25) is 4.79 Å². The molecule has 3 aromatic rings. The standard InChI is InChI=1S/C18H19N7O/c1-24(8-5-19)18(26)12-3-2-7-25(10-12)17-15-13-4-6-20-16(13)21-9-14(15)22-11-23-17/h4,6,9,11-12H,2-3,7-8,10H2,1H3,(H,22,23). The van der Waals surface area contributed by atoms with Crippen LogP contribution < -0.4 is 4.90 Å². The van der Waals surface area contributed by atoms with Crippen molar-refractivity contribution in [1.29, 1.82) is 5.26 Å². The number of carbonyl (C=O) groups excluding carboxylic acids is 1. The molecule has 0 saturated carbocycles. The van der Waals surface area contributed by atoms with E-state index in [-0.39, 0.29) is 18.4 Å². The molecule has 8 heteroatoms. The number of nitrogens with zero attached hydrogens (tertiary/aromatic N) is 6. The van der Waals surface area contributed by atoms with Gasteiger partial charge in [-0.2, -0.15) is 5.26 Å². The van der Waals surface area contributed by atoms with E-state index in [0.717, 1.165) is 41.5 Å². The van der Waals surface area contributed by atoms with E-state index in [0.29, 0.717) is 12.2 Å². The van der Waals surface area contributed by atoms with Crippen molar-refractivity contribution < 1.29 is 4.79 Å². The third-order valence-corrected chi connectivity index (χ3v) is 4.92. The van der Waals surface area contributed by atoms with Gasteiger partial charge in [0, 0.05) is 31.7 Å². The lowest BCUT2D eigenvalue weighted by Crippen LogP contribution is -2.44. The van der Waals surface area contributed by atoms with Gasteiger partial charge in [-0.15, -0.1) is 0 Å². The van der Waals surface area contributed by atoms with Crippen LogP contribution in [0.2, 0.25) is 0 Å². The fourth-order valence-electron chi connectivity index (χ4n) is 3.64. The molecule has 3 aromatic heterocycles. The van der Waals surface area contributed by atoms with E-state index in [4.69, 9.17) is 5.26 Å². The number of piperidine rings is 1. The molecule has 1 aliphatic heterocycles. The zero-order valence-corrected chi connectivity index (χ0v) is 14.5. The summed E-state index contributed by atoms with van der Waals surface area (Å²) in [6.45, 7) is 1.55. The fourth-order valence-corrected chi connectivity index (χ4v) is 3.64. The molecular formula is C18H19N7O. The number of H-pyrrole nitrogens is 1. The Labute approximate surface area is 150 Å². The third kappa shape index (κ3) is 2.71. The minimum Gasteiger partial charge on any atom is -0.355 e. The summed E-state index contributed by atoms with van der Waals surface area (Å²) in [7, 11) is 1.68. The van der Waals surface area contributed by atoms with Crippen LogP contribution in [0.1, 0.15) is 12.8 Å². The largest absolute Gasteiger partial charge is 0.355 e. The molecule has 0 aromatic carbocycles. The van der Waals surface area contributed by atoms with E-state index in [9.17, 15) is 4.79 Å². The van der Waals surface area contributed by atoms with Crippen molar-refractivity contribution in [2.45, 2.75) is 12.8 Å². The molecule has 1 aliphatic rings. The van der Waals surface area contributed by atoms with E-state index in [1.54, 1.807) is 25.8 Å². The number of fused-ring (bicyclic) bond motifs is 3. The molecule has 1 atom stereocenters. The first-order chi connectivity index (χ1) is 12.7. The lowest BCUT2D eigenvalue weighted by molar-refractivity contribution is -0.133. The van der Waals surface area contributed by atoms with Crippen LogP contribution in [0.4, 0.5) is 5.82 Å². The Balaban J connectivity index is 1.70. The Morgan fingerprint density at radius 3 is 3.19 bits per heavy atom. The topological polar surface area (TPSA) is 102 Å². The fraction of sp³-hybridized carbons (Fsp3) is 0.389. The Hall–Kier alpha value is -3.21. The summed E-state index contributed by atoms with van der Waals surface area (Å²) in [5, 5.41) is 10.8. The van der Waals surface area contributed by atoms with Gasteiger partial charge in [-0.05, 0) is 18.9 Å². The highest BCUT2D eigenvalue weighted by atomic mass is 16.2. The van der Waals surface area contributed by atoms with Gasteiger partial charge in [0.1, 0.15) is 12.4 Å². The van der Waals surface area contributed by atoms with Crippen molar-refractivity contribution >= 4 is 33.7 Å². The number of nitrogens with one attached hydrogen (secondary N) is 1. The van der Waals surface area contributed by atoms with E-state index in [1.165, 1.54) is 4.90 Å². The molecule has 1 amide bonds. The highest BCUT2D eigenvalue weighted by Crippen LogP contribution is 2.32. The average Bonchev–Trinajstić information content (AvgIpc) is 3.16. The Morgan fingerprint density at radius 2 is 2.35 bits per heavy atom. The smallest absolute Gasteiger partial charge is 0.228 e. The van der Waals surface area contributed by atoms with Crippen LogP contribution in [-0.2, 0) is 4.79 Å². The number of pyridine rings is 1. The predicted molar refractivity (Wildman–Crippen MR) is 97.4 cm³/mol. The van der Waals surface area contributed by atoms with Crippen LogP contribution in [0.5, 0.6) is 0 Å². The van der Waals surface area contributed by atoms with Gasteiger partial charge < -0.3 is 14.8 Å². The molecule has 4 heterocycles. The number of carbonyl (C=O) groups is 1. The van der Waals surface area contributed by atoms with E-state index in [2.05, 4.69) is 24.8 Å². The molecule has 0 bridgehead atoms. The number of anilines is 1. The number of nitriles is 1. The first-order valence-corrected chi connectivity index (χ1v) is 8.62. The lowest BCUT2D eigenvalue weighted by Gasteiger charge is -2.34. The molecule has 8 nitrogen and oxygen atoms in total. The number of amides is 1. The molecule has 0 radical (unpaired) electrons. The average molecular weight is 349 g/mol. The van der Waals surface area contributed by atoms with Gasteiger partial charge >= 0.3 is 0 Å². The minimum absolute atomic E-state index is 0.0184. The zero-order valence-electron chi connectivity index (χ0n) is 14.5. The molecule has 1 N–H and O–H groups in total. The van der Waals surface area contributed by atoms with E-state index >= 15 is 0 Å². The molecule has 1 saturated heterocycles. The van der Waals surface area contributed by atoms with Gasteiger partial charge in [0.2, 0.25) is 5.91 Å². The van der Waals surface area contributed by atoms with Gasteiger partial charge in [0.05, 0.1) is 35.4 Å².